The number of hydrogen-bond donors (Lipinski definition) is 1. The van der Waals surface area contributed by atoms with E-state index < -0.39 is 0 Å². The number of carbonyl (C=O) groups is 1. The summed E-state index contributed by atoms with van der Waals surface area (Å²) in [5, 5.41) is 3.34. The number of para-hydroxylation sites is 4. The zero-order chi connectivity index (χ0) is 20.7. The van der Waals surface area contributed by atoms with Gasteiger partial charge in [-0.1, -0.05) is 42.5 Å². The summed E-state index contributed by atoms with van der Waals surface area (Å²) in [6, 6.07) is 21.8. The Morgan fingerprint density at radius 1 is 0.933 bits per heavy atom. The number of hydrogen-bond acceptors (Lipinski definition) is 4. The number of fused-ring (bicyclic) bond motifs is 2. The van der Waals surface area contributed by atoms with Crippen LogP contribution in [0.4, 0.5) is 5.69 Å². The highest BCUT2D eigenvalue weighted by Crippen LogP contribution is 2.33. The molecular formula is C24H17N3O3. The Balaban J connectivity index is 1.85. The molecule has 0 radical (unpaired) electrons. The molecule has 2 heterocycles. The highest BCUT2D eigenvalue weighted by Gasteiger charge is 2.25. The van der Waals surface area contributed by atoms with Gasteiger partial charge in [0.25, 0.3) is 11.5 Å². The van der Waals surface area contributed by atoms with Crippen LogP contribution in [-0.2, 0) is 4.79 Å². The Morgan fingerprint density at radius 3 is 2.53 bits per heavy atom. The van der Waals surface area contributed by atoms with E-state index in [4.69, 9.17) is 9.72 Å². The zero-order valence-corrected chi connectivity index (χ0v) is 16.1. The summed E-state index contributed by atoms with van der Waals surface area (Å²) in [5.74, 6) is 0.655. The largest absolute Gasteiger partial charge is 0.495 e. The van der Waals surface area contributed by atoms with Gasteiger partial charge in [0.15, 0.2) is 0 Å². The van der Waals surface area contributed by atoms with Gasteiger partial charge in [-0.05, 0) is 36.4 Å². The summed E-state index contributed by atoms with van der Waals surface area (Å²) in [4.78, 5) is 30.8. The van der Waals surface area contributed by atoms with Gasteiger partial charge >= 0.3 is 0 Å². The fourth-order valence-corrected chi connectivity index (χ4v) is 3.71. The minimum absolute atomic E-state index is 0.231. The molecule has 146 valence electrons. The monoisotopic (exact) mass is 395 g/mol. The molecule has 0 bridgehead atoms. The molecule has 0 fully saturated rings. The first kappa shape index (κ1) is 17.9. The van der Waals surface area contributed by atoms with E-state index in [0.29, 0.717) is 33.7 Å². The van der Waals surface area contributed by atoms with E-state index in [1.54, 1.807) is 43.5 Å². The van der Waals surface area contributed by atoms with Crippen molar-refractivity contribution in [3.63, 3.8) is 0 Å². The highest BCUT2D eigenvalue weighted by atomic mass is 16.5. The number of amides is 1. The molecule has 0 spiro atoms. The molecule has 1 N–H and O–H groups in total. The number of methoxy groups -OCH3 is 1. The molecule has 1 aliphatic rings. The third-order valence-corrected chi connectivity index (χ3v) is 5.11. The molecule has 0 aliphatic carbocycles. The van der Waals surface area contributed by atoms with Gasteiger partial charge in [-0.2, -0.15) is 0 Å². The molecule has 0 unspecified atom stereocenters. The molecule has 0 atom stereocenters. The van der Waals surface area contributed by atoms with Crippen molar-refractivity contribution in [3.05, 3.63) is 94.5 Å². The molecule has 0 saturated carbocycles. The van der Waals surface area contributed by atoms with Crippen LogP contribution < -0.4 is 15.6 Å². The predicted molar refractivity (Wildman–Crippen MR) is 117 cm³/mol. The minimum atomic E-state index is -0.233. The third-order valence-electron chi connectivity index (χ3n) is 5.11. The van der Waals surface area contributed by atoms with Gasteiger partial charge in [-0.25, -0.2) is 4.98 Å². The summed E-state index contributed by atoms with van der Waals surface area (Å²) in [5.41, 5.74) is 2.85. The lowest BCUT2D eigenvalue weighted by Crippen LogP contribution is -2.23. The molecule has 0 saturated heterocycles. The number of aromatic nitrogens is 2. The first-order chi connectivity index (χ1) is 14.7. The van der Waals surface area contributed by atoms with Crippen molar-refractivity contribution in [2.45, 2.75) is 0 Å². The van der Waals surface area contributed by atoms with Crippen LogP contribution in [0, 0.1) is 0 Å². The van der Waals surface area contributed by atoms with Gasteiger partial charge in [0.05, 0.1) is 29.3 Å². The van der Waals surface area contributed by atoms with Crippen molar-refractivity contribution >= 4 is 34.1 Å². The number of carbonyl (C=O) groups excluding carboxylic acids is 1. The fraction of sp³-hybridized carbons (Fsp3) is 0.0417. The normalized spacial score (nSPS) is 14.0. The molecule has 5 rings (SSSR count). The lowest BCUT2D eigenvalue weighted by Gasteiger charge is -2.14. The van der Waals surface area contributed by atoms with Crippen molar-refractivity contribution in [1.29, 1.82) is 0 Å². The quantitative estimate of drug-likeness (QED) is 0.534. The maximum absolute atomic E-state index is 13.5. The average Bonchev–Trinajstić information content (AvgIpc) is 3.09. The molecule has 1 amide bonds. The highest BCUT2D eigenvalue weighted by molar-refractivity contribution is 6.34. The summed E-state index contributed by atoms with van der Waals surface area (Å²) >= 11 is 0. The lowest BCUT2D eigenvalue weighted by molar-refractivity contribution is -0.110. The summed E-state index contributed by atoms with van der Waals surface area (Å²) in [6.07, 6.45) is 1.65. The van der Waals surface area contributed by atoms with Gasteiger partial charge in [-0.15, -0.1) is 0 Å². The van der Waals surface area contributed by atoms with Crippen LogP contribution in [0.2, 0.25) is 0 Å². The molecule has 3 aromatic carbocycles. The molecule has 1 aliphatic heterocycles. The van der Waals surface area contributed by atoms with Gasteiger partial charge in [0.1, 0.15) is 11.6 Å². The summed E-state index contributed by atoms with van der Waals surface area (Å²) in [7, 11) is 1.55. The van der Waals surface area contributed by atoms with Crippen LogP contribution in [0.5, 0.6) is 5.75 Å². The van der Waals surface area contributed by atoms with Crippen LogP contribution in [0.1, 0.15) is 11.4 Å². The van der Waals surface area contributed by atoms with Gasteiger partial charge < -0.3 is 10.1 Å². The van der Waals surface area contributed by atoms with Crippen molar-refractivity contribution < 1.29 is 9.53 Å². The Morgan fingerprint density at radius 2 is 1.67 bits per heavy atom. The van der Waals surface area contributed by atoms with Gasteiger partial charge in [0, 0.05) is 11.3 Å². The molecule has 6 heteroatoms. The van der Waals surface area contributed by atoms with E-state index in [-0.39, 0.29) is 11.5 Å². The maximum Gasteiger partial charge on any atom is 0.266 e. The number of rotatable bonds is 3. The topological polar surface area (TPSA) is 73.2 Å². The second-order valence-corrected chi connectivity index (χ2v) is 6.86. The Bertz CT molecular complexity index is 1400. The first-order valence-electron chi connectivity index (χ1n) is 9.45. The minimum Gasteiger partial charge on any atom is -0.495 e. The molecular weight excluding hydrogens is 378 g/mol. The van der Waals surface area contributed by atoms with Gasteiger partial charge in [0.2, 0.25) is 0 Å². The van der Waals surface area contributed by atoms with Crippen molar-refractivity contribution in [3.8, 4) is 11.4 Å². The number of nitrogens with zero attached hydrogens (tertiary/aromatic N) is 2. The smallest absolute Gasteiger partial charge is 0.266 e. The van der Waals surface area contributed by atoms with Crippen LogP contribution in [0.15, 0.2) is 77.6 Å². The molecule has 1 aromatic heterocycles. The third kappa shape index (κ3) is 2.78. The first-order valence-corrected chi connectivity index (χ1v) is 9.45. The van der Waals surface area contributed by atoms with Crippen LogP contribution in [0.25, 0.3) is 28.2 Å². The summed E-state index contributed by atoms with van der Waals surface area (Å²) < 4.78 is 6.97. The predicted octanol–water partition coefficient (Wildman–Crippen LogP) is 3.89. The Labute approximate surface area is 172 Å². The van der Waals surface area contributed by atoms with Crippen molar-refractivity contribution in [2.75, 3.05) is 12.4 Å². The standard InChI is InChI=1S/C24H17N3O3/c1-30-21-13-7-6-12-20(21)27-22(25-19-11-5-3-9-16(19)24(27)29)14-17-15-8-2-4-10-18(15)26-23(17)28/h2-14H,1H3,(H,26,28)/b17-14-. The van der Waals surface area contributed by atoms with E-state index in [1.807, 2.05) is 42.5 Å². The second kappa shape index (κ2) is 7.00. The molecule has 4 aromatic rings. The van der Waals surface area contributed by atoms with Crippen LogP contribution in [0.3, 0.4) is 0 Å². The van der Waals surface area contributed by atoms with Crippen LogP contribution in [-0.4, -0.2) is 22.6 Å². The number of benzene rings is 3. The Kier molecular flexibility index (Phi) is 4.17. The van der Waals surface area contributed by atoms with E-state index in [0.717, 1.165) is 11.3 Å². The SMILES string of the molecule is COc1ccccc1-n1c(/C=C2\C(=O)Nc3ccccc32)nc2ccccc2c1=O. The lowest BCUT2D eigenvalue weighted by atomic mass is 10.1. The fourth-order valence-electron chi connectivity index (χ4n) is 3.71. The summed E-state index contributed by atoms with van der Waals surface area (Å²) in [6.45, 7) is 0. The number of nitrogens with one attached hydrogen (secondary N) is 1. The van der Waals surface area contributed by atoms with E-state index in [1.165, 1.54) is 4.57 Å². The van der Waals surface area contributed by atoms with Crippen molar-refractivity contribution in [1.82, 2.24) is 9.55 Å². The van der Waals surface area contributed by atoms with E-state index in [2.05, 4.69) is 5.32 Å². The van der Waals surface area contributed by atoms with Gasteiger partial charge in [-0.3, -0.25) is 14.2 Å². The zero-order valence-electron chi connectivity index (χ0n) is 16.1. The van der Waals surface area contributed by atoms with Crippen molar-refractivity contribution in [2.24, 2.45) is 0 Å². The molecule has 30 heavy (non-hydrogen) atoms. The number of anilines is 1. The van der Waals surface area contributed by atoms with E-state index in [9.17, 15) is 9.59 Å². The van der Waals surface area contributed by atoms with Crippen LogP contribution >= 0.6 is 0 Å². The number of ether oxygens (including phenoxy) is 1. The second-order valence-electron chi connectivity index (χ2n) is 6.86. The maximum atomic E-state index is 13.5. The average molecular weight is 395 g/mol. The molecule has 6 nitrogen and oxygen atoms in total. The Hall–Kier alpha value is -4.19. The van der Waals surface area contributed by atoms with E-state index >= 15 is 0 Å².